The van der Waals surface area contributed by atoms with E-state index in [1.807, 2.05) is 0 Å². The highest BCUT2D eigenvalue weighted by atomic mass is 16.5. The van der Waals surface area contributed by atoms with E-state index in [4.69, 9.17) is 9.52 Å². The maximum absolute atomic E-state index is 11.3. The fraction of sp³-hybridized carbons (Fsp3) is 0.0909. The largest absolute Gasteiger partial charge is 0.478 e. The third-order valence-corrected chi connectivity index (χ3v) is 2.22. The van der Waals surface area contributed by atoms with Crippen LogP contribution in [0.2, 0.25) is 0 Å². The summed E-state index contributed by atoms with van der Waals surface area (Å²) in [5.74, 6) is -1.61. The first-order valence-electron chi connectivity index (χ1n) is 4.46. The minimum Gasteiger partial charge on any atom is -0.478 e. The highest BCUT2D eigenvalue weighted by molar-refractivity contribution is 6.04. The van der Waals surface area contributed by atoms with E-state index in [9.17, 15) is 9.59 Å². The monoisotopic (exact) mass is 220 g/mol. The van der Waals surface area contributed by atoms with Crippen molar-refractivity contribution in [3.05, 3.63) is 35.6 Å². The van der Waals surface area contributed by atoms with Crippen molar-refractivity contribution in [2.45, 2.75) is 0 Å². The van der Waals surface area contributed by atoms with Crippen LogP contribution in [0.1, 0.15) is 20.7 Å². The molecule has 1 aromatic carbocycles. The Morgan fingerprint density at radius 3 is 2.75 bits per heavy atom. The first kappa shape index (κ1) is 10.2. The van der Waals surface area contributed by atoms with Gasteiger partial charge >= 0.3 is 11.9 Å². The van der Waals surface area contributed by atoms with Crippen molar-refractivity contribution in [3.8, 4) is 0 Å². The van der Waals surface area contributed by atoms with Crippen molar-refractivity contribution in [3.63, 3.8) is 0 Å². The van der Waals surface area contributed by atoms with Crippen LogP contribution >= 0.6 is 0 Å². The van der Waals surface area contributed by atoms with Crippen LogP contribution in [-0.2, 0) is 4.74 Å². The zero-order chi connectivity index (χ0) is 11.7. The molecule has 82 valence electrons. The van der Waals surface area contributed by atoms with Gasteiger partial charge in [-0.3, -0.25) is 0 Å². The standard InChI is InChI=1S/C11H8O5/c1-15-11(14)6-2-3-9-7(4-6)8(5-16-9)10(12)13/h2-5H,1H3,(H,12,13). The van der Waals surface area contributed by atoms with Gasteiger partial charge in [-0.2, -0.15) is 0 Å². The number of benzene rings is 1. The Kier molecular flexibility index (Phi) is 2.36. The number of carboxylic acids is 1. The van der Waals surface area contributed by atoms with Gasteiger partial charge in [-0.05, 0) is 18.2 Å². The van der Waals surface area contributed by atoms with E-state index in [0.717, 1.165) is 6.26 Å². The first-order chi connectivity index (χ1) is 7.63. The number of aromatic carboxylic acids is 1. The number of carbonyl (C=O) groups is 2. The summed E-state index contributed by atoms with van der Waals surface area (Å²) in [6, 6.07) is 4.49. The number of carboxylic acid groups (broad SMARTS) is 1. The summed E-state index contributed by atoms with van der Waals surface area (Å²) in [5.41, 5.74) is 0.740. The molecule has 0 unspecified atom stereocenters. The van der Waals surface area contributed by atoms with Crippen LogP contribution in [0.15, 0.2) is 28.9 Å². The molecule has 16 heavy (non-hydrogen) atoms. The Morgan fingerprint density at radius 2 is 2.12 bits per heavy atom. The number of esters is 1. The van der Waals surface area contributed by atoms with Gasteiger partial charge in [0.05, 0.1) is 12.7 Å². The number of methoxy groups -OCH3 is 1. The van der Waals surface area contributed by atoms with Gasteiger partial charge in [0.15, 0.2) is 0 Å². The molecule has 1 N–H and O–H groups in total. The normalized spacial score (nSPS) is 10.3. The van der Waals surface area contributed by atoms with E-state index in [0.29, 0.717) is 16.5 Å². The lowest BCUT2D eigenvalue weighted by Crippen LogP contribution is -2.01. The average molecular weight is 220 g/mol. The van der Waals surface area contributed by atoms with Crippen molar-refractivity contribution >= 4 is 22.9 Å². The molecule has 0 amide bonds. The number of fused-ring (bicyclic) bond motifs is 1. The fourth-order valence-electron chi connectivity index (χ4n) is 1.44. The van der Waals surface area contributed by atoms with E-state index < -0.39 is 11.9 Å². The lowest BCUT2D eigenvalue weighted by atomic mass is 10.1. The van der Waals surface area contributed by atoms with Gasteiger partial charge in [-0.15, -0.1) is 0 Å². The van der Waals surface area contributed by atoms with E-state index in [-0.39, 0.29) is 5.56 Å². The average Bonchev–Trinajstić information content (AvgIpc) is 2.70. The van der Waals surface area contributed by atoms with Gasteiger partial charge in [-0.1, -0.05) is 0 Å². The van der Waals surface area contributed by atoms with Crippen molar-refractivity contribution in [2.24, 2.45) is 0 Å². The number of rotatable bonds is 2. The molecule has 2 rings (SSSR count). The Balaban J connectivity index is 2.63. The summed E-state index contributed by atoms with van der Waals surface area (Å²) >= 11 is 0. The molecule has 0 radical (unpaired) electrons. The fourth-order valence-corrected chi connectivity index (χ4v) is 1.44. The molecule has 1 aromatic heterocycles. The van der Waals surface area contributed by atoms with E-state index in [1.54, 1.807) is 0 Å². The molecule has 2 aromatic rings. The molecule has 0 saturated heterocycles. The van der Waals surface area contributed by atoms with Gasteiger partial charge in [0, 0.05) is 5.39 Å². The lowest BCUT2D eigenvalue weighted by Gasteiger charge is -1.98. The molecule has 0 saturated carbocycles. The number of hydrogen-bond acceptors (Lipinski definition) is 4. The third-order valence-electron chi connectivity index (χ3n) is 2.22. The summed E-state index contributed by atoms with van der Waals surface area (Å²) in [5, 5.41) is 9.27. The number of ether oxygens (including phenoxy) is 1. The topological polar surface area (TPSA) is 76.7 Å². The molecule has 0 aliphatic heterocycles. The molecule has 0 spiro atoms. The Hall–Kier alpha value is -2.30. The molecule has 0 aliphatic carbocycles. The summed E-state index contributed by atoms with van der Waals surface area (Å²) in [6.45, 7) is 0. The minimum absolute atomic E-state index is 0.0285. The molecular weight excluding hydrogens is 212 g/mol. The number of hydrogen-bond donors (Lipinski definition) is 1. The zero-order valence-electron chi connectivity index (χ0n) is 8.39. The van der Waals surface area contributed by atoms with Crippen molar-refractivity contribution < 1.29 is 23.8 Å². The van der Waals surface area contributed by atoms with Gasteiger partial charge in [-0.25, -0.2) is 9.59 Å². The van der Waals surface area contributed by atoms with Gasteiger partial charge in [0.1, 0.15) is 17.4 Å². The second kappa shape index (κ2) is 3.69. The van der Waals surface area contributed by atoms with Gasteiger partial charge in [0.2, 0.25) is 0 Å². The predicted octanol–water partition coefficient (Wildman–Crippen LogP) is 1.92. The summed E-state index contributed by atoms with van der Waals surface area (Å²) < 4.78 is 9.59. The van der Waals surface area contributed by atoms with Gasteiger partial charge < -0.3 is 14.3 Å². The molecule has 1 heterocycles. The summed E-state index contributed by atoms with van der Waals surface area (Å²) in [4.78, 5) is 22.1. The molecule has 5 nitrogen and oxygen atoms in total. The Labute approximate surface area is 90.2 Å². The van der Waals surface area contributed by atoms with Crippen LogP contribution < -0.4 is 0 Å². The molecule has 0 bridgehead atoms. The molecule has 0 atom stereocenters. The van der Waals surface area contributed by atoms with Crippen LogP contribution in [0.4, 0.5) is 0 Å². The highest BCUT2D eigenvalue weighted by Crippen LogP contribution is 2.22. The molecule has 0 aliphatic rings. The second-order valence-electron chi connectivity index (χ2n) is 3.16. The van der Waals surface area contributed by atoms with Crippen molar-refractivity contribution in [1.29, 1.82) is 0 Å². The first-order valence-corrected chi connectivity index (χ1v) is 4.46. The quantitative estimate of drug-likeness (QED) is 0.782. The highest BCUT2D eigenvalue weighted by Gasteiger charge is 2.14. The maximum atomic E-state index is 11.3. The van der Waals surface area contributed by atoms with Crippen molar-refractivity contribution in [1.82, 2.24) is 0 Å². The second-order valence-corrected chi connectivity index (χ2v) is 3.16. The van der Waals surface area contributed by atoms with E-state index >= 15 is 0 Å². The predicted molar refractivity (Wildman–Crippen MR) is 54.5 cm³/mol. The molecule has 5 heteroatoms. The SMILES string of the molecule is COC(=O)c1ccc2occ(C(=O)O)c2c1. The van der Waals surface area contributed by atoms with Crippen LogP contribution in [0.25, 0.3) is 11.0 Å². The smallest absolute Gasteiger partial charge is 0.339 e. The molecule has 0 fully saturated rings. The maximum Gasteiger partial charge on any atom is 0.339 e. The van der Waals surface area contributed by atoms with Crippen molar-refractivity contribution in [2.75, 3.05) is 7.11 Å². The molecular formula is C11H8O5. The van der Waals surface area contributed by atoms with Crippen LogP contribution in [-0.4, -0.2) is 24.2 Å². The van der Waals surface area contributed by atoms with Crippen LogP contribution in [0, 0.1) is 0 Å². The zero-order valence-corrected chi connectivity index (χ0v) is 8.39. The third kappa shape index (κ3) is 1.52. The summed E-state index contributed by atoms with van der Waals surface area (Å²) in [6.07, 6.45) is 1.15. The lowest BCUT2D eigenvalue weighted by molar-refractivity contribution is 0.0599. The van der Waals surface area contributed by atoms with Crippen LogP contribution in [0.5, 0.6) is 0 Å². The Bertz CT molecular complexity index is 567. The van der Waals surface area contributed by atoms with Gasteiger partial charge in [0.25, 0.3) is 0 Å². The minimum atomic E-state index is -1.10. The van der Waals surface area contributed by atoms with E-state index in [1.165, 1.54) is 25.3 Å². The summed E-state index contributed by atoms with van der Waals surface area (Å²) in [7, 11) is 1.26. The number of furan rings is 1. The number of carbonyl (C=O) groups excluding carboxylic acids is 1. The van der Waals surface area contributed by atoms with E-state index in [2.05, 4.69) is 4.74 Å². The Morgan fingerprint density at radius 1 is 1.38 bits per heavy atom. The van der Waals surface area contributed by atoms with Crippen LogP contribution in [0.3, 0.4) is 0 Å².